The maximum Gasteiger partial charge on any atom is 0.293 e. The van der Waals surface area contributed by atoms with Gasteiger partial charge in [-0.1, -0.05) is 12.1 Å². The lowest BCUT2D eigenvalue weighted by Crippen LogP contribution is -2.34. The highest BCUT2D eigenvalue weighted by molar-refractivity contribution is 9.18. The molecule has 1 aromatic carbocycles. The number of ether oxygens (including phenoxy) is 2. The van der Waals surface area contributed by atoms with Crippen molar-refractivity contribution in [3.63, 3.8) is 0 Å². The van der Waals surface area contributed by atoms with Crippen LogP contribution in [0, 0.1) is 5.21 Å². The van der Waals surface area contributed by atoms with E-state index in [2.05, 4.69) is 15.9 Å². The van der Waals surface area contributed by atoms with Crippen LogP contribution in [0.4, 0.5) is 0 Å². The van der Waals surface area contributed by atoms with Crippen molar-refractivity contribution >= 4 is 20.6 Å². The maximum absolute atomic E-state index is 11.7. The van der Waals surface area contributed by atoms with Crippen LogP contribution in [-0.4, -0.2) is 29.5 Å². The fraction of sp³-hybridized carbons (Fsp3) is 0.462. The van der Waals surface area contributed by atoms with Crippen molar-refractivity contribution in [1.29, 1.82) is 0 Å². The van der Waals surface area contributed by atoms with E-state index in [9.17, 15) is 5.21 Å². The molecule has 104 valence electrons. The predicted molar refractivity (Wildman–Crippen MR) is 74.4 cm³/mol. The largest absolute Gasteiger partial charge is 0.497 e. The number of hydrogen-bond donors (Lipinski definition) is 0. The Labute approximate surface area is 120 Å². The smallest absolute Gasteiger partial charge is 0.293 e. The molecule has 6 heteroatoms. The molecule has 1 aliphatic rings. The first-order chi connectivity index (χ1) is 9.15. The van der Waals surface area contributed by atoms with Gasteiger partial charge in [-0.3, -0.25) is 5.21 Å². The Morgan fingerprint density at radius 2 is 2.11 bits per heavy atom. The summed E-state index contributed by atoms with van der Waals surface area (Å²) >= 11 is 3.29. The van der Waals surface area contributed by atoms with Crippen molar-refractivity contribution in [3.8, 4) is 5.75 Å². The van der Waals surface area contributed by atoms with E-state index >= 15 is 0 Å². The van der Waals surface area contributed by atoms with Gasteiger partial charge in [-0.05, 0) is 24.6 Å². The number of nitrogens with zero attached hydrogens (tertiary/aromatic N) is 1. The Balaban J connectivity index is 2.23. The van der Waals surface area contributed by atoms with Gasteiger partial charge in [-0.25, -0.2) is 0 Å². The highest BCUT2D eigenvalue weighted by Crippen LogP contribution is 2.31. The van der Waals surface area contributed by atoms with Crippen LogP contribution in [0.25, 0.3) is 0 Å². The van der Waals surface area contributed by atoms with E-state index < -0.39 is 6.29 Å². The van der Waals surface area contributed by atoms with E-state index in [0.717, 1.165) is 11.3 Å². The van der Waals surface area contributed by atoms with Crippen molar-refractivity contribution in [1.82, 2.24) is 0 Å². The van der Waals surface area contributed by atoms with Crippen LogP contribution in [0.1, 0.15) is 24.8 Å². The van der Waals surface area contributed by atoms with Crippen LogP contribution in [0.3, 0.4) is 0 Å². The summed E-state index contributed by atoms with van der Waals surface area (Å²) in [4.78, 5) is 5.57. The molecule has 0 spiro atoms. The van der Waals surface area contributed by atoms with Crippen LogP contribution < -0.4 is 4.74 Å². The minimum absolute atomic E-state index is 0.0753. The van der Waals surface area contributed by atoms with Gasteiger partial charge in [0.05, 0.1) is 17.9 Å². The summed E-state index contributed by atoms with van der Waals surface area (Å²) in [6.45, 7) is 2.37. The van der Waals surface area contributed by atoms with E-state index in [0.29, 0.717) is 22.6 Å². The molecular formula is C13H16BrNO4. The van der Waals surface area contributed by atoms with Crippen LogP contribution in [-0.2, 0) is 9.57 Å². The van der Waals surface area contributed by atoms with Crippen molar-refractivity contribution in [2.24, 2.45) is 0 Å². The molecule has 0 amide bonds. The van der Waals surface area contributed by atoms with Crippen LogP contribution >= 0.6 is 15.9 Å². The first-order valence-corrected chi connectivity index (χ1v) is 6.87. The Morgan fingerprint density at radius 1 is 1.42 bits per heavy atom. The molecule has 0 N–H and O–H groups in total. The third-order valence-corrected chi connectivity index (χ3v) is 3.82. The molecule has 5 nitrogen and oxygen atoms in total. The third-order valence-electron chi connectivity index (χ3n) is 2.97. The van der Waals surface area contributed by atoms with E-state index in [1.165, 1.54) is 0 Å². The number of rotatable bonds is 4. The van der Waals surface area contributed by atoms with E-state index in [1.54, 1.807) is 7.11 Å². The molecule has 0 radical (unpaired) electrons. The number of halogens is 1. The van der Waals surface area contributed by atoms with Gasteiger partial charge >= 0.3 is 0 Å². The molecule has 19 heavy (non-hydrogen) atoms. The van der Waals surface area contributed by atoms with Gasteiger partial charge in [0.2, 0.25) is 0 Å². The van der Waals surface area contributed by atoms with Crippen LogP contribution in [0.15, 0.2) is 24.3 Å². The van der Waals surface area contributed by atoms with Crippen molar-refractivity contribution in [3.05, 3.63) is 35.0 Å². The van der Waals surface area contributed by atoms with Crippen LogP contribution in [0.5, 0.6) is 5.75 Å². The van der Waals surface area contributed by atoms with Gasteiger partial charge in [0.15, 0.2) is 6.29 Å². The van der Waals surface area contributed by atoms with Gasteiger partial charge in [-0.15, -0.1) is 0 Å². The highest BCUT2D eigenvalue weighted by Gasteiger charge is 2.33. The minimum Gasteiger partial charge on any atom is -0.497 e. The molecule has 0 bridgehead atoms. The highest BCUT2D eigenvalue weighted by atomic mass is 79.9. The van der Waals surface area contributed by atoms with E-state index in [1.807, 2.05) is 31.2 Å². The first kappa shape index (κ1) is 14.1. The molecule has 0 fully saturated rings. The second kappa shape index (κ2) is 6.25. The summed E-state index contributed by atoms with van der Waals surface area (Å²) < 4.78 is 11.0. The summed E-state index contributed by atoms with van der Waals surface area (Å²) in [6.07, 6.45) is 0.0790. The molecule has 0 aromatic heterocycles. The van der Waals surface area contributed by atoms with Crippen molar-refractivity contribution < 1.29 is 19.2 Å². The Hall–Kier alpha value is -1.27. The normalized spacial score (nSPS) is 23.1. The van der Waals surface area contributed by atoms with Gasteiger partial charge in [-0.2, -0.15) is 0 Å². The summed E-state index contributed by atoms with van der Waals surface area (Å²) in [5.41, 5.74) is 1.02. The Bertz CT molecular complexity index is 460. The molecule has 0 saturated heterocycles. The van der Waals surface area contributed by atoms with Gasteiger partial charge < -0.3 is 14.3 Å². The molecule has 2 rings (SSSR count). The number of hydrogen-bond acceptors (Lipinski definition) is 4. The molecule has 0 saturated carbocycles. The lowest BCUT2D eigenvalue weighted by Gasteiger charge is -2.28. The quantitative estimate of drug-likeness (QED) is 0.797. The number of benzene rings is 1. The average Bonchev–Trinajstić information content (AvgIpc) is 2.43. The molecule has 2 atom stereocenters. The van der Waals surface area contributed by atoms with E-state index in [4.69, 9.17) is 14.3 Å². The molecular weight excluding hydrogens is 314 g/mol. The first-order valence-electron chi connectivity index (χ1n) is 6.07. The zero-order valence-electron chi connectivity index (χ0n) is 10.8. The zero-order chi connectivity index (χ0) is 13.8. The number of methoxy groups -OCH3 is 1. The Morgan fingerprint density at radius 3 is 2.68 bits per heavy atom. The zero-order valence-corrected chi connectivity index (χ0v) is 12.4. The topological polar surface area (TPSA) is 53.8 Å². The third kappa shape index (κ3) is 3.19. The van der Waals surface area contributed by atoms with Gasteiger partial charge in [0, 0.05) is 29.0 Å². The summed E-state index contributed by atoms with van der Waals surface area (Å²) in [7, 11) is 1.62. The lowest BCUT2D eigenvalue weighted by atomic mass is 9.96. The fourth-order valence-corrected chi connectivity index (χ4v) is 2.55. The SMILES string of the molecule is CCO[C@H]1C[C@H](c2ccc(OC)cc2)C(Br)=[N+]([O-])O1. The Kier molecular flexibility index (Phi) is 4.66. The fourth-order valence-electron chi connectivity index (χ4n) is 2.01. The summed E-state index contributed by atoms with van der Waals surface area (Å²) in [5, 5.41) is 11.7. The van der Waals surface area contributed by atoms with Gasteiger partial charge in [0.1, 0.15) is 5.75 Å². The van der Waals surface area contributed by atoms with Crippen molar-refractivity contribution in [2.75, 3.05) is 13.7 Å². The summed E-state index contributed by atoms with van der Waals surface area (Å²) in [6, 6.07) is 7.62. The van der Waals surface area contributed by atoms with E-state index in [-0.39, 0.29) is 5.92 Å². The lowest BCUT2D eigenvalue weighted by molar-refractivity contribution is -0.769. The molecule has 1 aromatic rings. The molecule has 0 unspecified atom stereocenters. The standard InChI is InChI=1S/C13H16BrNO4/c1-3-18-12-8-11(13(14)15(16)19-12)9-4-6-10(17-2)7-5-9/h4-7,11-12H,3,8H2,1-2H3/t11-,12-/m1/s1. The monoisotopic (exact) mass is 329 g/mol. The van der Waals surface area contributed by atoms with Crippen LogP contribution in [0.2, 0.25) is 0 Å². The maximum atomic E-state index is 11.7. The summed E-state index contributed by atoms with van der Waals surface area (Å²) in [5.74, 6) is 0.709. The second-order valence-electron chi connectivity index (χ2n) is 4.13. The minimum atomic E-state index is -0.518. The predicted octanol–water partition coefficient (Wildman–Crippen LogP) is 2.78. The second-order valence-corrected chi connectivity index (χ2v) is 4.94. The molecule has 1 heterocycles. The van der Waals surface area contributed by atoms with Gasteiger partial charge in [0.25, 0.3) is 4.62 Å². The molecule has 1 aliphatic heterocycles. The average molecular weight is 330 g/mol. The molecule has 0 aliphatic carbocycles. The van der Waals surface area contributed by atoms with Crippen molar-refractivity contribution in [2.45, 2.75) is 25.6 Å².